The summed E-state index contributed by atoms with van der Waals surface area (Å²) >= 11 is 0. The highest BCUT2D eigenvalue weighted by atomic mass is 32.2. The summed E-state index contributed by atoms with van der Waals surface area (Å²) in [6, 6.07) is 0. The SMILES string of the molecule is O=S(=O)(O)C1CNC1. The van der Waals surface area contributed by atoms with Gasteiger partial charge in [-0.1, -0.05) is 0 Å². The van der Waals surface area contributed by atoms with Crippen molar-refractivity contribution in [3.05, 3.63) is 0 Å². The average molecular weight is 137 g/mol. The van der Waals surface area contributed by atoms with Gasteiger partial charge in [-0.25, -0.2) is 0 Å². The molecule has 1 aliphatic rings. The summed E-state index contributed by atoms with van der Waals surface area (Å²) in [5.41, 5.74) is 0. The van der Waals surface area contributed by atoms with Gasteiger partial charge in [0.1, 0.15) is 5.25 Å². The van der Waals surface area contributed by atoms with Crippen molar-refractivity contribution in [2.75, 3.05) is 13.1 Å². The Labute approximate surface area is 47.6 Å². The quantitative estimate of drug-likeness (QED) is 0.448. The summed E-state index contributed by atoms with van der Waals surface area (Å²) in [4.78, 5) is 0. The lowest BCUT2D eigenvalue weighted by atomic mass is 10.3. The van der Waals surface area contributed by atoms with Crippen LogP contribution in [0.15, 0.2) is 0 Å². The maximum atomic E-state index is 10.1. The Hall–Kier alpha value is -0.130. The van der Waals surface area contributed by atoms with E-state index in [9.17, 15) is 8.42 Å². The number of hydrogen-bond donors (Lipinski definition) is 2. The van der Waals surface area contributed by atoms with Crippen molar-refractivity contribution in [2.24, 2.45) is 0 Å². The minimum atomic E-state index is -3.73. The van der Waals surface area contributed by atoms with Crippen molar-refractivity contribution in [3.63, 3.8) is 0 Å². The fourth-order valence-electron chi connectivity index (χ4n) is 0.473. The third kappa shape index (κ3) is 0.988. The summed E-state index contributed by atoms with van der Waals surface area (Å²) in [5.74, 6) is 0. The van der Waals surface area contributed by atoms with E-state index < -0.39 is 15.4 Å². The first-order chi connectivity index (χ1) is 3.61. The second-order valence-corrected chi connectivity index (χ2v) is 3.49. The van der Waals surface area contributed by atoms with Gasteiger partial charge in [0, 0.05) is 13.1 Å². The predicted octanol–water partition coefficient (Wildman–Crippen LogP) is -1.15. The van der Waals surface area contributed by atoms with Gasteiger partial charge in [-0.2, -0.15) is 8.42 Å². The Balaban J connectivity index is 2.60. The standard InChI is InChI=1S/C3H7NO3S/c5-8(6,7)3-1-4-2-3/h3-4H,1-2H2,(H,5,6,7). The zero-order valence-corrected chi connectivity index (χ0v) is 4.98. The molecule has 0 aliphatic carbocycles. The Morgan fingerprint density at radius 2 is 2.00 bits per heavy atom. The van der Waals surface area contributed by atoms with Crippen LogP contribution in [0.25, 0.3) is 0 Å². The molecule has 1 fully saturated rings. The molecule has 5 heteroatoms. The van der Waals surface area contributed by atoms with Gasteiger partial charge in [0.2, 0.25) is 0 Å². The van der Waals surface area contributed by atoms with Crippen molar-refractivity contribution < 1.29 is 13.0 Å². The smallest absolute Gasteiger partial charge is 0.270 e. The molecule has 8 heavy (non-hydrogen) atoms. The molecule has 0 atom stereocenters. The Bertz CT molecular complexity index is 169. The molecule has 4 nitrogen and oxygen atoms in total. The number of hydrogen-bond acceptors (Lipinski definition) is 3. The van der Waals surface area contributed by atoms with Crippen molar-refractivity contribution in [2.45, 2.75) is 5.25 Å². The molecule has 2 N–H and O–H groups in total. The van der Waals surface area contributed by atoms with Crippen LogP contribution < -0.4 is 5.32 Å². The van der Waals surface area contributed by atoms with E-state index >= 15 is 0 Å². The Morgan fingerprint density at radius 1 is 1.50 bits per heavy atom. The van der Waals surface area contributed by atoms with Crippen LogP contribution in [-0.2, 0) is 10.1 Å². The minimum absolute atomic E-state index is 0.388. The molecule has 0 amide bonds. The molecular formula is C3H7NO3S. The van der Waals surface area contributed by atoms with E-state index in [1.165, 1.54) is 0 Å². The largest absolute Gasteiger partial charge is 0.314 e. The third-order valence-corrected chi connectivity index (χ3v) is 2.34. The summed E-state index contributed by atoms with van der Waals surface area (Å²) < 4.78 is 28.5. The highest BCUT2D eigenvalue weighted by Crippen LogP contribution is 2.02. The molecule has 0 radical (unpaired) electrons. The predicted molar refractivity (Wildman–Crippen MR) is 28.2 cm³/mol. The lowest BCUT2D eigenvalue weighted by Crippen LogP contribution is -2.51. The van der Waals surface area contributed by atoms with Crippen LogP contribution in [0.2, 0.25) is 0 Å². The van der Waals surface area contributed by atoms with Crippen molar-refractivity contribution in [1.82, 2.24) is 5.32 Å². The van der Waals surface area contributed by atoms with E-state index in [0.717, 1.165) is 0 Å². The summed E-state index contributed by atoms with van der Waals surface area (Å²) in [6.07, 6.45) is 0. The lowest BCUT2D eigenvalue weighted by molar-refractivity contribution is 0.426. The molecule has 48 valence electrons. The molecule has 1 aliphatic heterocycles. The van der Waals surface area contributed by atoms with Gasteiger partial charge in [0.05, 0.1) is 0 Å². The fourth-order valence-corrected chi connectivity index (χ4v) is 1.13. The van der Waals surface area contributed by atoms with E-state index in [2.05, 4.69) is 5.32 Å². The molecule has 0 aromatic heterocycles. The van der Waals surface area contributed by atoms with Crippen LogP contribution in [0.4, 0.5) is 0 Å². The van der Waals surface area contributed by atoms with Gasteiger partial charge in [-0.05, 0) is 0 Å². The highest BCUT2D eigenvalue weighted by Gasteiger charge is 2.28. The lowest BCUT2D eigenvalue weighted by Gasteiger charge is -2.23. The molecule has 0 aromatic rings. The zero-order valence-electron chi connectivity index (χ0n) is 4.16. The summed E-state index contributed by atoms with van der Waals surface area (Å²) in [6.45, 7) is 0.775. The van der Waals surface area contributed by atoms with E-state index in [1.807, 2.05) is 0 Å². The van der Waals surface area contributed by atoms with Crippen molar-refractivity contribution in [1.29, 1.82) is 0 Å². The van der Waals surface area contributed by atoms with Crippen LogP contribution in [0.1, 0.15) is 0 Å². The average Bonchev–Trinajstić information content (AvgIpc) is 1.16. The highest BCUT2D eigenvalue weighted by molar-refractivity contribution is 7.86. The topological polar surface area (TPSA) is 66.4 Å². The van der Waals surface area contributed by atoms with Crippen LogP contribution in [0, 0.1) is 0 Å². The normalized spacial score (nSPS) is 22.6. The van der Waals surface area contributed by atoms with E-state index in [4.69, 9.17) is 4.55 Å². The van der Waals surface area contributed by atoms with Crippen molar-refractivity contribution >= 4 is 10.1 Å². The number of nitrogens with one attached hydrogen (secondary N) is 1. The van der Waals surface area contributed by atoms with Gasteiger partial charge >= 0.3 is 0 Å². The number of rotatable bonds is 1. The molecule has 1 saturated heterocycles. The summed E-state index contributed by atoms with van der Waals surface area (Å²) in [5, 5.41) is 2.18. The van der Waals surface area contributed by atoms with Crippen LogP contribution in [0.3, 0.4) is 0 Å². The summed E-state index contributed by atoms with van der Waals surface area (Å²) in [7, 11) is -3.73. The van der Waals surface area contributed by atoms with E-state index in [-0.39, 0.29) is 0 Å². The Kier molecular flexibility index (Phi) is 1.26. The molecule has 0 bridgehead atoms. The van der Waals surface area contributed by atoms with Crippen LogP contribution >= 0.6 is 0 Å². The third-order valence-electron chi connectivity index (χ3n) is 1.17. The van der Waals surface area contributed by atoms with Crippen molar-refractivity contribution in [3.8, 4) is 0 Å². The van der Waals surface area contributed by atoms with E-state index in [1.54, 1.807) is 0 Å². The molecular weight excluding hydrogens is 130 g/mol. The fraction of sp³-hybridized carbons (Fsp3) is 1.00. The Morgan fingerprint density at radius 3 is 2.00 bits per heavy atom. The van der Waals surface area contributed by atoms with Crippen LogP contribution in [-0.4, -0.2) is 31.3 Å². The molecule has 0 saturated carbocycles. The van der Waals surface area contributed by atoms with Crippen LogP contribution in [0.5, 0.6) is 0 Å². The molecule has 0 spiro atoms. The minimum Gasteiger partial charge on any atom is -0.314 e. The van der Waals surface area contributed by atoms with Gasteiger partial charge in [0.25, 0.3) is 10.1 Å². The molecule has 0 unspecified atom stereocenters. The molecule has 0 aromatic carbocycles. The second kappa shape index (κ2) is 1.68. The van der Waals surface area contributed by atoms with Gasteiger partial charge < -0.3 is 5.32 Å². The maximum absolute atomic E-state index is 10.1. The maximum Gasteiger partial charge on any atom is 0.270 e. The first-order valence-electron chi connectivity index (χ1n) is 2.28. The molecule has 1 heterocycles. The van der Waals surface area contributed by atoms with Gasteiger partial charge in [-0.15, -0.1) is 0 Å². The second-order valence-electron chi connectivity index (χ2n) is 1.80. The monoisotopic (exact) mass is 137 g/mol. The zero-order chi connectivity index (χ0) is 6.20. The van der Waals surface area contributed by atoms with Gasteiger partial charge in [0.15, 0.2) is 0 Å². The van der Waals surface area contributed by atoms with Gasteiger partial charge in [-0.3, -0.25) is 4.55 Å². The first kappa shape index (κ1) is 6.00. The molecule has 1 rings (SSSR count). The van der Waals surface area contributed by atoms with E-state index in [0.29, 0.717) is 13.1 Å². The first-order valence-corrected chi connectivity index (χ1v) is 3.78.